The zero-order valence-electron chi connectivity index (χ0n) is 12.5. The van der Waals surface area contributed by atoms with Gasteiger partial charge < -0.3 is 15.4 Å². The molecular formula is C14H18FN5O3. The number of imide groups is 1. The highest BCUT2D eigenvalue weighted by Crippen LogP contribution is 2.22. The Morgan fingerprint density at radius 1 is 1.30 bits per heavy atom. The predicted molar refractivity (Wildman–Crippen MR) is 77.3 cm³/mol. The molecule has 0 spiro atoms. The van der Waals surface area contributed by atoms with Crippen molar-refractivity contribution in [1.29, 1.82) is 0 Å². The lowest BCUT2D eigenvalue weighted by Gasteiger charge is -2.29. The van der Waals surface area contributed by atoms with Crippen molar-refractivity contribution in [3.63, 3.8) is 0 Å². The number of hydrogen-bond acceptors (Lipinski definition) is 5. The minimum Gasteiger partial charge on any atom is -0.460 e. The van der Waals surface area contributed by atoms with Crippen LogP contribution in [0.1, 0.15) is 25.7 Å². The standard InChI is InChI=1S/C14H18FN5O3/c15-9-7-17-12(18-8-9)23-11-3-1-10(2-4-11)19-14(22)20-6-5-16-13(20)21/h7-8,10-11H,1-6H2,(H,16,21)(H,19,22). The van der Waals surface area contributed by atoms with Crippen LogP contribution in [-0.2, 0) is 0 Å². The fraction of sp³-hybridized carbons (Fsp3) is 0.571. The number of carbonyl (C=O) groups is 2. The van der Waals surface area contributed by atoms with E-state index in [1.54, 1.807) is 0 Å². The van der Waals surface area contributed by atoms with Gasteiger partial charge in [0.1, 0.15) is 6.10 Å². The highest BCUT2D eigenvalue weighted by Gasteiger charge is 2.30. The molecule has 8 nitrogen and oxygen atoms in total. The number of ether oxygens (including phenoxy) is 1. The molecule has 0 aromatic carbocycles. The summed E-state index contributed by atoms with van der Waals surface area (Å²) in [5.74, 6) is -0.505. The fourth-order valence-corrected chi connectivity index (χ4v) is 2.75. The maximum Gasteiger partial charge on any atom is 0.325 e. The average Bonchev–Trinajstić information content (AvgIpc) is 2.98. The van der Waals surface area contributed by atoms with Gasteiger partial charge in [-0.1, -0.05) is 0 Å². The van der Waals surface area contributed by atoms with Gasteiger partial charge in [0.25, 0.3) is 0 Å². The molecule has 1 aromatic rings. The van der Waals surface area contributed by atoms with Gasteiger partial charge in [0.05, 0.1) is 12.4 Å². The lowest BCUT2D eigenvalue weighted by atomic mass is 9.93. The smallest absolute Gasteiger partial charge is 0.325 e. The topological polar surface area (TPSA) is 96.5 Å². The molecule has 1 aromatic heterocycles. The molecule has 1 aliphatic heterocycles. The summed E-state index contributed by atoms with van der Waals surface area (Å²) in [6, 6.07) is -0.531. The summed E-state index contributed by atoms with van der Waals surface area (Å²) in [5, 5.41) is 5.46. The second-order valence-corrected chi connectivity index (χ2v) is 5.61. The van der Waals surface area contributed by atoms with E-state index in [0.29, 0.717) is 13.1 Å². The van der Waals surface area contributed by atoms with Crippen LogP contribution in [0.25, 0.3) is 0 Å². The Bertz CT molecular complexity index is 574. The van der Waals surface area contributed by atoms with Gasteiger partial charge in [-0.25, -0.2) is 28.8 Å². The van der Waals surface area contributed by atoms with Crippen LogP contribution in [0.5, 0.6) is 6.01 Å². The lowest BCUT2D eigenvalue weighted by Crippen LogP contribution is -2.47. The summed E-state index contributed by atoms with van der Waals surface area (Å²) in [5.41, 5.74) is 0. The van der Waals surface area contributed by atoms with E-state index < -0.39 is 5.82 Å². The first kappa shape index (κ1) is 15.4. The van der Waals surface area contributed by atoms with Gasteiger partial charge in [-0.05, 0) is 25.7 Å². The Balaban J connectivity index is 1.44. The summed E-state index contributed by atoms with van der Waals surface area (Å²) in [4.78, 5) is 32.1. The summed E-state index contributed by atoms with van der Waals surface area (Å²) in [6.07, 6.45) is 5.03. The third kappa shape index (κ3) is 3.85. The molecule has 0 unspecified atom stereocenters. The Morgan fingerprint density at radius 2 is 2.00 bits per heavy atom. The van der Waals surface area contributed by atoms with Crippen molar-refractivity contribution in [2.24, 2.45) is 0 Å². The van der Waals surface area contributed by atoms with Crippen molar-refractivity contribution in [1.82, 2.24) is 25.5 Å². The Morgan fingerprint density at radius 3 is 2.61 bits per heavy atom. The van der Waals surface area contributed by atoms with E-state index in [1.807, 2.05) is 0 Å². The van der Waals surface area contributed by atoms with E-state index in [4.69, 9.17) is 4.74 Å². The molecule has 23 heavy (non-hydrogen) atoms. The van der Waals surface area contributed by atoms with Gasteiger partial charge in [-0.2, -0.15) is 0 Å². The Kier molecular flexibility index (Phi) is 4.54. The highest BCUT2D eigenvalue weighted by molar-refractivity contribution is 5.95. The molecule has 4 amide bonds. The van der Waals surface area contributed by atoms with E-state index in [9.17, 15) is 14.0 Å². The van der Waals surface area contributed by atoms with E-state index >= 15 is 0 Å². The Hall–Kier alpha value is -2.45. The van der Waals surface area contributed by atoms with E-state index in [0.717, 1.165) is 38.1 Å². The molecule has 1 aliphatic carbocycles. The van der Waals surface area contributed by atoms with Crippen LogP contribution in [-0.4, -0.2) is 52.2 Å². The predicted octanol–water partition coefficient (Wildman–Crippen LogP) is 1.04. The SMILES string of the molecule is O=C1NCCN1C(=O)NC1CCC(Oc2ncc(F)cn2)CC1. The van der Waals surface area contributed by atoms with Crippen molar-refractivity contribution in [3.8, 4) is 6.01 Å². The van der Waals surface area contributed by atoms with Crippen LogP contribution in [0.3, 0.4) is 0 Å². The van der Waals surface area contributed by atoms with Crippen molar-refractivity contribution in [2.75, 3.05) is 13.1 Å². The van der Waals surface area contributed by atoms with E-state index in [1.165, 1.54) is 4.90 Å². The van der Waals surface area contributed by atoms with Crippen molar-refractivity contribution in [3.05, 3.63) is 18.2 Å². The molecule has 2 aliphatic rings. The van der Waals surface area contributed by atoms with Crippen LogP contribution >= 0.6 is 0 Å². The molecule has 0 atom stereocenters. The minimum absolute atomic E-state index is 0.0184. The molecule has 0 radical (unpaired) electrons. The van der Waals surface area contributed by atoms with Gasteiger partial charge in [-0.15, -0.1) is 0 Å². The number of amides is 4. The van der Waals surface area contributed by atoms with Gasteiger partial charge in [-0.3, -0.25) is 0 Å². The van der Waals surface area contributed by atoms with Crippen molar-refractivity contribution in [2.45, 2.75) is 37.8 Å². The summed E-state index contributed by atoms with van der Waals surface area (Å²) in [6.45, 7) is 0.884. The van der Waals surface area contributed by atoms with Crippen LogP contribution in [0.4, 0.5) is 14.0 Å². The molecule has 2 fully saturated rings. The second kappa shape index (κ2) is 6.76. The summed E-state index contributed by atoms with van der Waals surface area (Å²) < 4.78 is 18.3. The third-order valence-electron chi connectivity index (χ3n) is 3.97. The largest absolute Gasteiger partial charge is 0.460 e. The number of rotatable bonds is 3. The number of carbonyl (C=O) groups excluding carboxylic acids is 2. The van der Waals surface area contributed by atoms with Gasteiger partial charge in [0, 0.05) is 19.1 Å². The zero-order valence-corrected chi connectivity index (χ0v) is 12.5. The average molecular weight is 323 g/mol. The van der Waals surface area contributed by atoms with Crippen LogP contribution in [0.2, 0.25) is 0 Å². The number of halogens is 1. The summed E-state index contributed by atoms with van der Waals surface area (Å²) in [7, 11) is 0. The molecule has 3 rings (SSSR count). The van der Waals surface area contributed by atoms with Gasteiger partial charge in [0.2, 0.25) is 0 Å². The lowest BCUT2D eigenvalue weighted by molar-refractivity contribution is 0.126. The van der Waals surface area contributed by atoms with Crippen LogP contribution < -0.4 is 15.4 Å². The molecule has 2 N–H and O–H groups in total. The maximum absolute atomic E-state index is 12.7. The van der Waals surface area contributed by atoms with Crippen molar-refractivity contribution >= 4 is 12.1 Å². The molecular weight excluding hydrogens is 305 g/mol. The molecule has 1 saturated heterocycles. The first-order chi connectivity index (χ1) is 11.1. The number of aromatic nitrogens is 2. The van der Waals surface area contributed by atoms with E-state index in [-0.39, 0.29) is 30.2 Å². The third-order valence-corrected chi connectivity index (χ3v) is 3.97. The quantitative estimate of drug-likeness (QED) is 0.866. The fourth-order valence-electron chi connectivity index (χ4n) is 2.75. The second-order valence-electron chi connectivity index (χ2n) is 5.61. The normalized spacial score (nSPS) is 24.2. The van der Waals surface area contributed by atoms with E-state index in [2.05, 4.69) is 20.6 Å². The summed E-state index contributed by atoms with van der Waals surface area (Å²) >= 11 is 0. The number of urea groups is 2. The molecule has 0 bridgehead atoms. The Labute approximate surface area is 132 Å². The van der Waals surface area contributed by atoms with Crippen molar-refractivity contribution < 1.29 is 18.7 Å². The first-order valence-electron chi connectivity index (χ1n) is 7.62. The molecule has 1 saturated carbocycles. The minimum atomic E-state index is -0.505. The first-order valence-corrected chi connectivity index (χ1v) is 7.62. The number of nitrogens with one attached hydrogen (secondary N) is 2. The van der Waals surface area contributed by atoms with Crippen LogP contribution in [0.15, 0.2) is 12.4 Å². The maximum atomic E-state index is 12.7. The highest BCUT2D eigenvalue weighted by atomic mass is 19.1. The molecule has 9 heteroatoms. The van der Waals surface area contributed by atoms with Crippen LogP contribution in [0, 0.1) is 5.82 Å². The van der Waals surface area contributed by atoms with Gasteiger partial charge >= 0.3 is 18.1 Å². The van der Waals surface area contributed by atoms with Gasteiger partial charge in [0.15, 0.2) is 5.82 Å². The molecule has 2 heterocycles. The number of nitrogens with zero attached hydrogens (tertiary/aromatic N) is 3. The zero-order chi connectivity index (χ0) is 16.2. The number of hydrogen-bond donors (Lipinski definition) is 2. The monoisotopic (exact) mass is 323 g/mol. The molecule has 124 valence electrons.